The first-order valence-electron chi connectivity index (χ1n) is 6.92. The molecule has 0 fully saturated rings. The van der Waals surface area contributed by atoms with E-state index in [1.807, 2.05) is 6.07 Å². The second kappa shape index (κ2) is 5.93. The maximum atomic E-state index is 11.4. The van der Waals surface area contributed by atoms with Crippen LogP contribution < -0.4 is 10.6 Å². The summed E-state index contributed by atoms with van der Waals surface area (Å²) in [6, 6.07) is 4.20. The molecule has 1 aromatic rings. The molecule has 4 heteroatoms. The van der Waals surface area contributed by atoms with Crippen molar-refractivity contribution in [2.75, 3.05) is 11.9 Å². The van der Waals surface area contributed by atoms with Crippen molar-refractivity contribution >= 4 is 23.2 Å². The van der Waals surface area contributed by atoms with E-state index in [4.69, 9.17) is 11.6 Å². The third-order valence-electron chi connectivity index (χ3n) is 3.82. The fourth-order valence-electron chi connectivity index (χ4n) is 2.58. The molecule has 0 saturated carbocycles. The first-order valence-corrected chi connectivity index (χ1v) is 7.30. The molecule has 2 unspecified atom stereocenters. The average molecular weight is 281 g/mol. The molecular weight excluding hydrogens is 260 g/mol. The third kappa shape index (κ3) is 2.93. The molecule has 3 nitrogen and oxygen atoms in total. The van der Waals surface area contributed by atoms with Crippen LogP contribution in [0.15, 0.2) is 12.1 Å². The summed E-state index contributed by atoms with van der Waals surface area (Å²) in [5.41, 5.74) is 3.02. The van der Waals surface area contributed by atoms with Crippen molar-refractivity contribution < 1.29 is 4.79 Å². The third-order valence-corrected chi connectivity index (χ3v) is 4.15. The standard InChI is InChI=1S/C15H21ClN2O/c1-4-9(3)15(17-5-2)11-6-10-7-14(19)18-13(10)8-12(11)16/h6,8-9,15,17H,4-5,7H2,1-3H3,(H,18,19). The van der Waals surface area contributed by atoms with Crippen molar-refractivity contribution in [3.8, 4) is 0 Å². The second-order valence-corrected chi connectivity index (χ2v) is 5.58. The van der Waals surface area contributed by atoms with Gasteiger partial charge in [-0.3, -0.25) is 4.79 Å². The lowest BCUT2D eigenvalue weighted by atomic mass is 9.91. The Morgan fingerprint density at radius 1 is 1.42 bits per heavy atom. The van der Waals surface area contributed by atoms with Gasteiger partial charge in [0.1, 0.15) is 0 Å². The van der Waals surface area contributed by atoms with E-state index in [1.165, 1.54) is 0 Å². The van der Waals surface area contributed by atoms with Gasteiger partial charge in [-0.2, -0.15) is 0 Å². The predicted octanol–water partition coefficient (Wildman–Crippen LogP) is 3.53. The summed E-state index contributed by atoms with van der Waals surface area (Å²) in [7, 11) is 0. The van der Waals surface area contributed by atoms with Crippen LogP contribution in [0.2, 0.25) is 5.02 Å². The Hall–Kier alpha value is -1.06. The van der Waals surface area contributed by atoms with Gasteiger partial charge in [-0.15, -0.1) is 0 Å². The van der Waals surface area contributed by atoms with Crippen molar-refractivity contribution in [1.29, 1.82) is 0 Å². The zero-order valence-corrected chi connectivity index (χ0v) is 12.5. The summed E-state index contributed by atoms with van der Waals surface area (Å²) >= 11 is 6.40. The number of nitrogens with one attached hydrogen (secondary N) is 2. The average Bonchev–Trinajstić information content (AvgIpc) is 2.73. The number of benzene rings is 1. The van der Waals surface area contributed by atoms with E-state index in [-0.39, 0.29) is 11.9 Å². The zero-order valence-electron chi connectivity index (χ0n) is 11.7. The molecule has 104 valence electrons. The number of anilines is 1. The number of carbonyl (C=O) groups is 1. The number of halogens is 1. The van der Waals surface area contributed by atoms with Crippen LogP contribution in [0.5, 0.6) is 0 Å². The van der Waals surface area contributed by atoms with Crippen LogP contribution in [0.3, 0.4) is 0 Å². The lowest BCUT2D eigenvalue weighted by molar-refractivity contribution is -0.115. The SMILES string of the molecule is CCNC(c1cc2c(cc1Cl)NC(=O)C2)C(C)CC. The molecule has 0 spiro atoms. The summed E-state index contributed by atoms with van der Waals surface area (Å²) in [5.74, 6) is 0.548. The number of fused-ring (bicyclic) bond motifs is 1. The van der Waals surface area contributed by atoms with E-state index < -0.39 is 0 Å². The minimum Gasteiger partial charge on any atom is -0.325 e. The Bertz CT molecular complexity index is 487. The highest BCUT2D eigenvalue weighted by Crippen LogP contribution is 2.36. The molecule has 1 aromatic carbocycles. The summed E-state index contributed by atoms with van der Waals surface area (Å²) in [4.78, 5) is 11.4. The van der Waals surface area contributed by atoms with Crippen LogP contribution in [-0.4, -0.2) is 12.5 Å². The molecule has 0 aromatic heterocycles. The van der Waals surface area contributed by atoms with E-state index in [0.29, 0.717) is 12.3 Å². The molecule has 0 aliphatic carbocycles. The number of hydrogen-bond donors (Lipinski definition) is 2. The van der Waals surface area contributed by atoms with E-state index in [0.717, 1.165) is 34.8 Å². The van der Waals surface area contributed by atoms with Crippen LogP contribution in [0, 0.1) is 5.92 Å². The Balaban J connectivity index is 2.38. The Kier molecular flexibility index (Phi) is 4.48. The van der Waals surface area contributed by atoms with Crippen LogP contribution in [-0.2, 0) is 11.2 Å². The van der Waals surface area contributed by atoms with Crippen molar-refractivity contribution in [2.45, 2.75) is 39.7 Å². The van der Waals surface area contributed by atoms with Crippen LogP contribution in [0.4, 0.5) is 5.69 Å². The second-order valence-electron chi connectivity index (χ2n) is 5.18. The Labute approximate surface area is 119 Å². The van der Waals surface area contributed by atoms with E-state index >= 15 is 0 Å². The Morgan fingerprint density at radius 3 is 2.79 bits per heavy atom. The maximum absolute atomic E-state index is 11.4. The van der Waals surface area contributed by atoms with Gasteiger partial charge in [0.05, 0.1) is 6.42 Å². The highest BCUT2D eigenvalue weighted by Gasteiger charge is 2.24. The van der Waals surface area contributed by atoms with E-state index in [1.54, 1.807) is 0 Å². The highest BCUT2D eigenvalue weighted by atomic mass is 35.5. The summed E-state index contributed by atoms with van der Waals surface area (Å²) in [5, 5.41) is 7.07. The molecule has 0 saturated heterocycles. The first kappa shape index (κ1) is 14.4. The van der Waals surface area contributed by atoms with Crippen molar-refractivity contribution in [3.05, 3.63) is 28.3 Å². The minimum atomic E-state index is 0.0479. The molecule has 1 heterocycles. The summed E-state index contributed by atoms with van der Waals surface area (Å²) in [6.45, 7) is 7.41. The molecule has 1 aliphatic heterocycles. The number of rotatable bonds is 5. The van der Waals surface area contributed by atoms with E-state index in [2.05, 4.69) is 37.5 Å². The van der Waals surface area contributed by atoms with Crippen LogP contribution in [0.25, 0.3) is 0 Å². The highest BCUT2D eigenvalue weighted by molar-refractivity contribution is 6.32. The smallest absolute Gasteiger partial charge is 0.228 e. The van der Waals surface area contributed by atoms with Gasteiger partial charge in [0.2, 0.25) is 5.91 Å². The molecule has 1 amide bonds. The van der Waals surface area contributed by atoms with Gasteiger partial charge in [0, 0.05) is 16.8 Å². The quantitative estimate of drug-likeness (QED) is 0.866. The number of hydrogen-bond acceptors (Lipinski definition) is 2. The van der Waals surface area contributed by atoms with Crippen molar-refractivity contribution in [3.63, 3.8) is 0 Å². The van der Waals surface area contributed by atoms with Gasteiger partial charge >= 0.3 is 0 Å². The van der Waals surface area contributed by atoms with Gasteiger partial charge < -0.3 is 10.6 Å². The maximum Gasteiger partial charge on any atom is 0.228 e. The largest absolute Gasteiger partial charge is 0.325 e. The molecule has 1 aliphatic rings. The van der Waals surface area contributed by atoms with Gasteiger partial charge in [-0.25, -0.2) is 0 Å². The van der Waals surface area contributed by atoms with Crippen LogP contribution in [0.1, 0.15) is 44.4 Å². The van der Waals surface area contributed by atoms with E-state index in [9.17, 15) is 4.79 Å². The normalized spacial score (nSPS) is 16.9. The Morgan fingerprint density at radius 2 is 2.16 bits per heavy atom. The van der Waals surface area contributed by atoms with Crippen molar-refractivity contribution in [1.82, 2.24) is 5.32 Å². The van der Waals surface area contributed by atoms with Gasteiger partial charge in [-0.05, 0) is 29.7 Å². The van der Waals surface area contributed by atoms with Crippen molar-refractivity contribution in [2.24, 2.45) is 5.92 Å². The number of amides is 1. The van der Waals surface area contributed by atoms with Gasteiger partial charge in [0.15, 0.2) is 0 Å². The molecule has 19 heavy (non-hydrogen) atoms. The summed E-state index contributed by atoms with van der Waals surface area (Å²) < 4.78 is 0. The topological polar surface area (TPSA) is 41.1 Å². The zero-order chi connectivity index (χ0) is 14.0. The van der Waals surface area contributed by atoms with Gasteiger partial charge in [0.25, 0.3) is 0 Å². The fraction of sp³-hybridized carbons (Fsp3) is 0.533. The van der Waals surface area contributed by atoms with Gasteiger partial charge in [-0.1, -0.05) is 44.9 Å². The molecule has 2 atom stereocenters. The molecule has 0 radical (unpaired) electrons. The minimum absolute atomic E-state index is 0.0479. The fourth-order valence-corrected chi connectivity index (χ4v) is 2.86. The molecule has 0 bridgehead atoms. The number of carbonyl (C=O) groups excluding carboxylic acids is 1. The first-order chi connectivity index (χ1) is 9.06. The predicted molar refractivity (Wildman–Crippen MR) is 79.7 cm³/mol. The molecular formula is C15H21ClN2O. The molecule has 2 N–H and O–H groups in total. The summed E-state index contributed by atoms with van der Waals surface area (Å²) in [6.07, 6.45) is 1.54. The van der Waals surface area contributed by atoms with Crippen LogP contribution >= 0.6 is 11.6 Å². The lowest BCUT2D eigenvalue weighted by Gasteiger charge is -2.26. The lowest BCUT2D eigenvalue weighted by Crippen LogP contribution is -2.27. The monoisotopic (exact) mass is 280 g/mol. The molecule has 2 rings (SSSR count).